The lowest BCUT2D eigenvalue weighted by Gasteiger charge is -2.14. The number of nitriles is 1. The highest BCUT2D eigenvalue weighted by Crippen LogP contribution is 2.19. The Morgan fingerprint density at radius 1 is 1.29 bits per heavy atom. The van der Waals surface area contributed by atoms with Crippen LogP contribution in [-0.2, 0) is 11.3 Å². The first-order valence-corrected chi connectivity index (χ1v) is 9.37. The molecule has 1 saturated heterocycles. The van der Waals surface area contributed by atoms with Gasteiger partial charge in [0.15, 0.2) is 0 Å². The first-order chi connectivity index (χ1) is 11.7. The van der Waals surface area contributed by atoms with E-state index in [9.17, 15) is 4.79 Å². The number of fused-ring (bicyclic) bond motifs is 1. The lowest BCUT2D eigenvalue weighted by Crippen LogP contribution is -2.33. The minimum absolute atomic E-state index is 0.0136. The lowest BCUT2D eigenvalue weighted by molar-refractivity contribution is -0.129. The van der Waals surface area contributed by atoms with Crippen molar-refractivity contribution in [2.75, 3.05) is 6.54 Å². The zero-order valence-corrected chi connectivity index (χ0v) is 14.6. The normalized spacial score (nSPS) is 16.8. The quantitative estimate of drug-likeness (QED) is 0.764. The third-order valence-electron chi connectivity index (χ3n) is 3.84. The van der Waals surface area contributed by atoms with E-state index in [0.717, 1.165) is 18.5 Å². The van der Waals surface area contributed by atoms with Crippen LogP contribution < -0.4 is 5.73 Å². The number of thiophene rings is 2. The molecule has 122 valence electrons. The van der Waals surface area contributed by atoms with Gasteiger partial charge in [-0.15, -0.1) is 22.7 Å². The minimum Gasteiger partial charge on any atom is -0.337 e. The van der Waals surface area contributed by atoms with E-state index < -0.39 is 0 Å². The van der Waals surface area contributed by atoms with Crippen molar-refractivity contribution in [1.29, 1.82) is 5.26 Å². The molecular formula is C18H17N3OS2. The molecule has 0 saturated carbocycles. The second-order valence-electron chi connectivity index (χ2n) is 5.54. The fraction of sp³-hybridized carbons (Fsp3) is 0.222. The molecule has 3 heterocycles. The van der Waals surface area contributed by atoms with E-state index in [2.05, 4.69) is 41.8 Å². The number of benzene rings is 1. The molecule has 2 N–H and O–H groups in total. The van der Waals surface area contributed by atoms with Crippen LogP contribution in [0.2, 0.25) is 0 Å². The second-order valence-corrected chi connectivity index (χ2v) is 7.40. The second kappa shape index (κ2) is 7.58. The number of likely N-dealkylation sites (tertiary alicyclic amines) is 1. The van der Waals surface area contributed by atoms with Gasteiger partial charge in [0.1, 0.15) is 10.9 Å². The van der Waals surface area contributed by atoms with E-state index in [0.29, 0.717) is 11.4 Å². The van der Waals surface area contributed by atoms with E-state index in [1.54, 1.807) is 16.2 Å². The zero-order valence-electron chi connectivity index (χ0n) is 13.0. The average Bonchev–Trinajstić information content (AvgIpc) is 3.32. The number of hydrogen-bond acceptors (Lipinski definition) is 5. The van der Waals surface area contributed by atoms with Gasteiger partial charge in [0.2, 0.25) is 5.91 Å². The lowest BCUT2D eigenvalue weighted by atomic mass is 10.3. The summed E-state index contributed by atoms with van der Waals surface area (Å²) in [5, 5.41) is 14.0. The SMILES string of the molecule is N#Cc1cc(CN2CC[C@H](N)C2=O)cs1.c1ccc2sccc2c1. The number of carbonyl (C=O) groups is 1. The number of carbonyl (C=O) groups excluding carboxylic acids is 1. The number of amides is 1. The van der Waals surface area contributed by atoms with E-state index in [1.807, 2.05) is 11.4 Å². The molecule has 0 radical (unpaired) electrons. The third-order valence-corrected chi connectivity index (χ3v) is 5.62. The molecule has 4 rings (SSSR count). The minimum atomic E-state index is -0.334. The summed E-state index contributed by atoms with van der Waals surface area (Å²) in [6, 6.07) is 14.1. The van der Waals surface area contributed by atoms with Crippen molar-refractivity contribution in [3.05, 3.63) is 57.6 Å². The van der Waals surface area contributed by atoms with Gasteiger partial charge in [-0.2, -0.15) is 5.26 Å². The van der Waals surface area contributed by atoms with Crippen LogP contribution in [0.1, 0.15) is 16.9 Å². The fourth-order valence-corrected chi connectivity index (χ4v) is 4.05. The molecule has 1 fully saturated rings. The predicted molar refractivity (Wildman–Crippen MR) is 98.9 cm³/mol. The van der Waals surface area contributed by atoms with E-state index in [1.165, 1.54) is 21.4 Å². The Labute approximate surface area is 148 Å². The number of nitrogens with two attached hydrogens (primary N) is 1. The van der Waals surface area contributed by atoms with Crippen LogP contribution in [0, 0.1) is 11.3 Å². The number of nitrogens with zero attached hydrogens (tertiary/aromatic N) is 2. The monoisotopic (exact) mass is 355 g/mol. The smallest absolute Gasteiger partial charge is 0.239 e. The molecule has 4 nitrogen and oxygen atoms in total. The summed E-state index contributed by atoms with van der Waals surface area (Å²) in [6.07, 6.45) is 0.730. The first-order valence-electron chi connectivity index (χ1n) is 7.61. The molecule has 6 heteroatoms. The Bertz CT molecular complexity index is 847. The van der Waals surface area contributed by atoms with Gasteiger partial charge in [-0.3, -0.25) is 4.79 Å². The van der Waals surface area contributed by atoms with Crippen molar-refractivity contribution in [3.8, 4) is 6.07 Å². The predicted octanol–water partition coefficient (Wildman–Crippen LogP) is 3.58. The van der Waals surface area contributed by atoms with Crippen molar-refractivity contribution in [3.63, 3.8) is 0 Å². The molecular weight excluding hydrogens is 338 g/mol. The summed E-state index contributed by atoms with van der Waals surface area (Å²) in [5.74, 6) is 0.0136. The van der Waals surface area contributed by atoms with Crippen molar-refractivity contribution in [1.82, 2.24) is 4.90 Å². The highest BCUT2D eigenvalue weighted by Gasteiger charge is 2.28. The summed E-state index contributed by atoms with van der Waals surface area (Å²) in [5.41, 5.74) is 6.63. The molecule has 1 amide bonds. The van der Waals surface area contributed by atoms with E-state index >= 15 is 0 Å². The molecule has 24 heavy (non-hydrogen) atoms. The molecule has 0 unspecified atom stereocenters. The van der Waals surface area contributed by atoms with Crippen LogP contribution in [-0.4, -0.2) is 23.4 Å². The summed E-state index contributed by atoms with van der Waals surface area (Å²) in [7, 11) is 0. The van der Waals surface area contributed by atoms with E-state index in [-0.39, 0.29) is 11.9 Å². The van der Waals surface area contributed by atoms with Crippen LogP contribution in [0.4, 0.5) is 0 Å². The number of rotatable bonds is 2. The maximum Gasteiger partial charge on any atom is 0.239 e. The van der Waals surface area contributed by atoms with Gasteiger partial charge >= 0.3 is 0 Å². The van der Waals surface area contributed by atoms with Crippen LogP contribution in [0.15, 0.2) is 47.2 Å². The topological polar surface area (TPSA) is 70.1 Å². The molecule has 0 bridgehead atoms. The summed E-state index contributed by atoms with van der Waals surface area (Å²) >= 11 is 3.19. The van der Waals surface area contributed by atoms with Crippen LogP contribution in [0.3, 0.4) is 0 Å². The van der Waals surface area contributed by atoms with Crippen molar-refractivity contribution >= 4 is 38.7 Å². The standard InChI is InChI=1S/C10H11N3OS.C8H6S/c11-4-8-3-7(6-15-8)5-13-2-1-9(12)10(13)14;1-2-4-8-7(3-1)5-6-9-8/h3,6,9H,1-2,5,12H2;1-6H/t9-;/m0./s1. The summed E-state index contributed by atoms with van der Waals surface area (Å²) in [6.45, 7) is 1.29. The highest BCUT2D eigenvalue weighted by molar-refractivity contribution is 7.17. The zero-order chi connectivity index (χ0) is 16.9. The van der Waals surface area contributed by atoms with Crippen molar-refractivity contribution in [2.45, 2.75) is 19.0 Å². The molecule has 0 spiro atoms. The Kier molecular flexibility index (Phi) is 5.26. The van der Waals surface area contributed by atoms with Crippen LogP contribution in [0.25, 0.3) is 10.1 Å². The fourth-order valence-electron chi connectivity index (χ4n) is 2.56. The van der Waals surface area contributed by atoms with Gasteiger partial charge in [-0.25, -0.2) is 0 Å². The molecule has 2 aromatic heterocycles. The van der Waals surface area contributed by atoms with E-state index in [4.69, 9.17) is 11.0 Å². The molecule has 1 atom stereocenters. The molecule has 1 aromatic carbocycles. The Hall–Kier alpha value is -2.20. The van der Waals surface area contributed by atoms with Gasteiger partial charge in [0.05, 0.1) is 6.04 Å². The maximum atomic E-state index is 11.5. The summed E-state index contributed by atoms with van der Waals surface area (Å²) in [4.78, 5) is 14.0. The van der Waals surface area contributed by atoms with Crippen LogP contribution >= 0.6 is 22.7 Å². The van der Waals surface area contributed by atoms with Gasteiger partial charge < -0.3 is 10.6 Å². The largest absolute Gasteiger partial charge is 0.337 e. The van der Waals surface area contributed by atoms with Gasteiger partial charge in [-0.1, -0.05) is 18.2 Å². The van der Waals surface area contributed by atoms with Crippen LogP contribution in [0.5, 0.6) is 0 Å². The highest BCUT2D eigenvalue weighted by atomic mass is 32.1. The van der Waals surface area contributed by atoms with Gasteiger partial charge in [-0.05, 0) is 46.3 Å². The van der Waals surface area contributed by atoms with Gasteiger partial charge in [0, 0.05) is 17.8 Å². The first kappa shape index (κ1) is 16.7. The van der Waals surface area contributed by atoms with Gasteiger partial charge in [0.25, 0.3) is 0 Å². The van der Waals surface area contributed by atoms with Crippen molar-refractivity contribution < 1.29 is 4.79 Å². The maximum absolute atomic E-state index is 11.5. The average molecular weight is 355 g/mol. The molecule has 1 aliphatic rings. The Morgan fingerprint density at radius 2 is 2.12 bits per heavy atom. The molecule has 1 aliphatic heterocycles. The number of hydrogen-bond donors (Lipinski definition) is 1. The Morgan fingerprint density at radius 3 is 2.79 bits per heavy atom. The molecule has 0 aliphatic carbocycles. The third kappa shape index (κ3) is 3.82. The Balaban J connectivity index is 0.000000159. The van der Waals surface area contributed by atoms with Crippen molar-refractivity contribution in [2.24, 2.45) is 5.73 Å². The summed E-state index contributed by atoms with van der Waals surface area (Å²) < 4.78 is 1.37. The molecule has 3 aromatic rings.